The second-order valence-corrected chi connectivity index (χ2v) is 4.90. The van der Waals surface area contributed by atoms with E-state index in [1.165, 1.54) is 11.8 Å². The van der Waals surface area contributed by atoms with Crippen LogP contribution in [0.15, 0.2) is 30.3 Å². The number of amides is 1. The first-order valence-electron chi connectivity index (χ1n) is 6.49. The molecule has 0 spiro atoms. The molecule has 0 aliphatic rings. The Morgan fingerprint density at radius 1 is 1.21 bits per heavy atom. The first-order valence-corrected chi connectivity index (χ1v) is 6.49. The number of hydrogen-bond acceptors (Lipinski definition) is 2. The molecule has 0 radical (unpaired) electrons. The molecule has 1 atom stereocenters. The Bertz CT molecular complexity index is 428. The topological polar surface area (TPSA) is 57.6 Å². The quantitative estimate of drug-likeness (QED) is 0.857. The second kappa shape index (κ2) is 6.92. The summed E-state index contributed by atoms with van der Waals surface area (Å²) < 4.78 is 0. The summed E-state index contributed by atoms with van der Waals surface area (Å²) in [4.78, 5) is 24.4. The third-order valence-corrected chi connectivity index (χ3v) is 3.09. The van der Waals surface area contributed by atoms with Gasteiger partial charge in [-0.2, -0.15) is 0 Å². The lowest BCUT2D eigenvalue weighted by atomic mass is 10.0. The van der Waals surface area contributed by atoms with Crippen molar-refractivity contribution in [2.45, 2.75) is 45.7 Å². The number of carboxylic acid groups (broad SMARTS) is 1. The van der Waals surface area contributed by atoms with Crippen LogP contribution in [0.3, 0.4) is 0 Å². The summed E-state index contributed by atoms with van der Waals surface area (Å²) in [6.07, 6.45) is 1.07. The fraction of sp³-hybridized carbons (Fsp3) is 0.467. The molecule has 0 saturated carbocycles. The van der Waals surface area contributed by atoms with Crippen molar-refractivity contribution in [3.63, 3.8) is 0 Å². The zero-order chi connectivity index (χ0) is 14.4. The third-order valence-electron chi connectivity index (χ3n) is 3.09. The Morgan fingerprint density at radius 3 is 2.21 bits per heavy atom. The van der Waals surface area contributed by atoms with E-state index in [0.29, 0.717) is 12.8 Å². The summed E-state index contributed by atoms with van der Waals surface area (Å²) >= 11 is 0. The van der Waals surface area contributed by atoms with E-state index in [9.17, 15) is 14.7 Å². The summed E-state index contributed by atoms with van der Waals surface area (Å²) in [5.74, 6) is -1.14. The van der Waals surface area contributed by atoms with E-state index in [-0.39, 0.29) is 11.9 Å². The number of aryl methyl sites for hydroxylation is 1. The van der Waals surface area contributed by atoms with Crippen molar-refractivity contribution in [3.05, 3.63) is 35.9 Å². The van der Waals surface area contributed by atoms with Crippen molar-refractivity contribution in [2.24, 2.45) is 0 Å². The number of carbonyl (C=O) groups excluding carboxylic acids is 1. The molecule has 19 heavy (non-hydrogen) atoms. The maximum atomic E-state index is 11.6. The molecule has 1 amide bonds. The Labute approximate surface area is 114 Å². The molecule has 0 aliphatic heterocycles. The molecule has 1 aromatic rings. The van der Waals surface area contributed by atoms with E-state index in [4.69, 9.17) is 0 Å². The SMILES string of the molecule is CC(=O)N(C(C)C)C(CCc1ccccc1)C(=O)O. The largest absolute Gasteiger partial charge is 0.480 e. The number of benzene rings is 1. The predicted octanol–water partition coefficient (Wildman–Crippen LogP) is 2.33. The smallest absolute Gasteiger partial charge is 0.326 e. The molecule has 1 N–H and O–H groups in total. The molecule has 0 bridgehead atoms. The van der Waals surface area contributed by atoms with Crippen LogP contribution in [0.1, 0.15) is 32.8 Å². The van der Waals surface area contributed by atoms with Gasteiger partial charge in [-0.15, -0.1) is 0 Å². The molecule has 4 nitrogen and oxygen atoms in total. The number of carbonyl (C=O) groups is 2. The maximum Gasteiger partial charge on any atom is 0.326 e. The molecule has 1 rings (SSSR count). The first-order chi connectivity index (χ1) is 8.93. The minimum atomic E-state index is -0.945. The zero-order valence-electron chi connectivity index (χ0n) is 11.7. The van der Waals surface area contributed by atoms with Gasteiger partial charge in [0, 0.05) is 13.0 Å². The molecule has 1 aromatic carbocycles. The molecule has 0 saturated heterocycles. The number of hydrogen-bond donors (Lipinski definition) is 1. The van der Waals surface area contributed by atoms with E-state index in [1.807, 2.05) is 44.2 Å². The first kappa shape index (κ1) is 15.2. The predicted molar refractivity (Wildman–Crippen MR) is 73.8 cm³/mol. The highest BCUT2D eigenvalue weighted by molar-refractivity contribution is 5.82. The maximum absolute atomic E-state index is 11.6. The highest BCUT2D eigenvalue weighted by atomic mass is 16.4. The van der Waals surface area contributed by atoms with Crippen LogP contribution in [-0.4, -0.2) is 34.0 Å². The average Bonchev–Trinajstić information content (AvgIpc) is 2.34. The van der Waals surface area contributed by atoms with E-state index in [2.05, 4.69) is 0 Å². The van der Waals surface area contributed by atoms with Gasteiger partial charge in [0.15, 0.2) is 0 Å². The van der Waals surface area contributed by atoms with Crippen molar-refractivity contribution in [2.75, 3.05) is 0 Å². The number of aliphatic carboxylic acids is 1. The van der Waals surface area contributed by atoms with Crippen LogP contribution in [0.2, 0.25) is 0 Å². The molecule has 0 fully saturated rings. The lowest BCUT2D eigenvalue weighted by Gasteiger charge is -2.31. The summed E-state index contributed by atoms with van der Waals surface area (Å²) in [5, 5.41) is 9.33. The Hall–Kier alpha value is -1.84. The monoisotopic (exact) mass is 263 g/mol. The van der Waals surface area contributed by atoms with E-state index >= 15 is 0 Å². The minimum absolute atomic E-state index is 0.116. The average molecular weight is 263 g/mol. The van der Waals surface area contributed by atoms with Crippen molar-refractivity contribution < 1.29 is 14.7 Å². The summed E-state index contributed by atoms with van der Waals surface area (Å²) in [6, 6.07) is 8.83. The van der Waals surface area contributed by atoms with Gasteiger partial charge in [0.2, 0.25) is 5.91 Å². The minimum Gasteiger partial charge on any atom is -0.480 e. The Morgan fingerprint density at radius 2 is 1.79 bits per heavy atom. The van der Waals surface area contributed by atoms with Crippen LogP contribution in [0, 0.1) is 0 Å². The summed E-state index contributed by atoms with van der Waals surface area (Å²) in [6.45, 7) is 5.08. The molecule has 4 heteroatoms. The van der Waals surface area contributed by atoms with Gasteiger partial charge in [-0.25, -0.2) is 4.79 Å². The lowest BCUT2D eigenvalue weighted by Crippen LogP contribution is -2.48. The van der Waals surface area contributed by atoms with Crippen LogP contribution in [-0.2, 0) is 16.0 Å². The van der Waals surface area contributed by atoms with E-state index in [1.54, 1.807) is 0 Å². The van der Waals surface area contributed by atoms with Gasteiger partial charge in [0.25, 0.3) is 0 Å². The molecular formula is C15H21NO3. The van der Waals surface area contributed by atoms with Crippen LogP contribution < -0.4 is 0 Å². The Balaban J connectivity index is 2.78. The molecule has 0 aliphatic carbocycles. The zero-order valence-corrected chi connectivity index (χ0v) is 11.7. The van der Waals surface area contributed by atoms with Gasteiger partial charge < -0.3 is 10.0 Å². The third kappa shape index (κ3) is 4.39. The number of nitrogens with zero attached hydrogens (tertiary/aromatic N) is 1. The highest BCUT2D eigenvalue weighted by Gasteiger charge is 2.29. The highest BCUT2D eigenvalue weighted by Crippen LogP contribution is 2.14. The van der Waals surface area contributed by atoms with Crippen LogP contribution >= 0.6 is 0 Å². The fourth-order valence-corrected chi connectivity index (χ4v) is 2.27. The molecular weight excluding hydrogens is 242 g/mol. The number of rotatable bonds is 6. The van der Waals surface area contributed by atoms with Gasteiger partial charge in [0.05, 0.1) is 0 Å². The van der Waals surface area contributed by atoms with Gasteiger partial charge in [-0.05, 0) is 32.3 Å². The molecule has 0 heterocycles. The summed E-state index contributed by atoms with van der Waals surface area (Å²) in [7, 11) is 0. The molecule has 1 unspecified atom stereocenters. The van der Waals surface area contributed by atoms with Gasteiger partial charge in [-0.1, -0.05) is 30.3 Å². The van der Waals surface area contributed by atoms with Gasteiger partial charge >= 0.3 is 5.97 Å². The van der Waals surface area contributed by atoms with Crippen molar-refractivity contribution in [1.82, 2.24) is 4.90 Å². The van der Waals surface area contributed by atoms with Crippen molar-refractivity contribution in [3.8, 4) is 0 Å². The van der Waals surface area contributed by atoms with Crippen LogP contribution in [0.25, 0.3) is 0 Å². The Kier molecular flexibility index (Phi) is 5.55. The molecule has 104 valence electrons. The van der Waals surface area contributed by atoms with Crippen LogP contribution in [0.5, 0.6) is 0 Å². The lowest BCUT2D eigenvalue weighted by molar-refractivity contribution is -0.151. The van der Waals surface area contributed by atoms with E-state index < -0.39 is 12.0 Å². The van der Waals surface area contributed by atoms with Gasteiger partial charge in [0.1, 0.15) is 6.04 Å². The van der Waals surface area contributed by atoms with Crippen molar-refractivity contribution >= 4 is 11.9 Å². The summed E-state index contributed by atoms with van der Waals surface area (Å²) in [5.41, 5.74) is 1.08. The normalized spacial score (nSPS) is 12.2. The van der Waals surface area contributed by atoms with Gasteiger partial charge in [-0.3, -0.25) is 4.79 Å². The number of carboxylic acids is 1. The molecule has 0 aromatic heterocycles. The van der Waals surface area contributed by atoms with Crippen LogP contribution in [0.4, 0.5) is 0 Å². The van der Waals surface area contributed by atoms with Crippen molar-refractivity contribution in [1.29, 1.82) is 0 Å². The standard InChI is InChI=1S/C15H21NO3/c1-11(2)16(12(3)17)14(15(18)19)10-9-13-7-5-4-6-8-13/h4-8,11,14H,9-10H2,1-3H3,(H,18,19). The van der Waals surface area contributed by atoms with E-state index in [0.717, 1.165) is 5.56 Å². The fourth-order valence-electron chi connectivity index (χ4n) is 2.27. The second-order valence-electron chi connectivity index (χ2n) is 4.90.